The molecule has 0 saturated heterocycles. The first-order chi connectivity index (χ1) is 13.9. The number of benzene rings is 2. The highest BCUT2D eigenvalue weighted by Crippen LogP contribution is 2.30. The molecule has 1 atom stereocenters. The number of anilines is 1. The summed E-state index contributed by atoms with van der Waals surface area (Å²) >= 11 is 7.22. The molecule has 29 heavy (non-hydrogen) atoms. The lowest BCUT2D eigenvalue weighted by molar-refractivity contribution is 0.621. The van der Waals surface area contributed by atoms with Gasteiger partial charge in [0.2, 0.25) is 0 Å². The van der Waals surface area contributed by atoms with Gasteiger partial charge in [0.15, 0.2) is 5.13 Å². The Bertz CT molecular complexity index is 1230. The molecule has 0 aliphatic rings. The summed E-state index contributed by atoms with van der Waals surface area (Å²) < 4.78 is 15.1. The first kappa shape index (κ1) is 19.6. The lowest BCUT2D eigenvalue weighted by atomic mass is 10.1. The highest BCUT2D eigenvalue weighted by atomic mass is 35.5. The van der Waals surface area contributed by atoms with Crippen LogP contribution >= 0.6 is 22.9 Å². The number of rotatable bonds is 6. The molecule has 4 rings (SSSR count). The molecule has 2 aromatic carbocycles. The number of thiazole rings is 1. The SMILES string of the molecule is Cn1c(=O)[nH]c2ccc(-c3cnc(NC[C@@H](N)Cc4ccc(Cl)c(F)c4)s3)cc21. The van der Waals surface area contributed by atoms with Crippen molar-refractivity contribution < 1.29 is 4.39 Å². The van der Waals surface area contributed by atoms with Crippen molar-refractivity contribution in [3.8, 4) is 10.4 Å². The second kappa shape index (κ2) is 7.98. The second-order valence-corrected chi connectivity index (χ2v) is 8.28. The molecule has 2 aromatic heterocycles. The Morgan fingerprint density at radius 3 is 2.97 bits per heavy atom. The van der Waals surface area contributed by atoms with Crippen LogP contribution in [0.3, 0.4) is 0 Å². The van der Waals surface area contributed by atoms with Crippen molar-refractivity contribution in [2.45, 2.75) is 12.5 Å². The predicted octanol–water partition coefficient (Wildman–Crippen LogP) is 3.76. The smallest absolute Gasteiger partial charge is 0.326 e. The molecule has 0 spiro atoms. The highest BCUT2D eigenvalue weighted by molar-refractivity contribution is 7.18. The number of H-pyrrole nitrogens is 1. The molecule has 0 radical (unpaired) electrons. The Hall–Kier alpha value is -2.68. The van der Waals surface area contributed by atoms with Crippen LogP contribution in [0.4, 0.5) is 9.52 Å². The quantitative estimate of drug-likeness (QED) is 0.433. The normalized spacial score (nSPS) is 12.4. The van der Waals surface area contributed by atoms with Crippen LogP contribution in [0.2, 0.25) is 5.02 Å². The van der Waals surface area contributed by atoms with E-state index < -0.39 is 5.82 Å². The molecular weight excluding hydrogens is 413 g/mol. The Morgan fingerprint density at radius 1 is 1.34 bits per heavy atom. The number of hydrogen-bond acceptors (Lipinski definition) is 5. The number of halogens is 2. The molecule has 0 fully saturated rings. The van der Waals surface area contributed by atoms with E-state index in [4.69, 9.17) is 17.3 Å². The van der Waals surface area contributed by atoms with Gasteiger partial charge in [-0.3, -0.25) is 4.57 Å². The van der Waals surface area contributed by atoms with Crippen molar-refractivity contribution in [3.63, 3.8) is 0 Å². The molecule has 0 bridgehead atoms. The zero-order valence-electron chi connectivity index (χ0n) is 15.6. The van der Waals surface area contributed by atoms with Crippen LogP contribution in [0.5, 0.6) is 0 Å². The van der Waals surface area contributed by atoms with Crippen LogP contribution in [-0.4, -0.2) is 27.1 Å². The average molecular weight is 432 g/mol. The van der Waals surface area contributed by atoms with Gasteiger partial charge in [0.25, 0.3) is 0 Å². The van der Waals surface area contributed by atoms with E-state index in [0.29, 0.717) is 13.0 Å². The van der Waals surface area contributed by atoms with Crippen molar-refractivity contribution in [1.29, 1.82) is 0 Å². The van der Waals surface area contributed by atoms with Gasteiger partial charge in [0.1, 0.15) is 5.82 Å². The molecule has 4 aromatic rings. The molecule has 9 heteroatoms. The molecule has 0 amide bonds. The summed E-state index contributed by atoms with van der Waals surface area (Å²) in [7, 11) is 1.73. The van der Waals surface area contributed by atoms with E-state index in [2.05, 4.69) is 15.3 Å². The molecule has 150 valence electrons. The second-order valence-electron chi connectivity index (χ2n) is 6.84. The number of aryl methyl sites for hydroxylation is 1. The van der Waals surface area contributed by atoms with Crippen molar-refractivity contribution >= 4 is 39.1 Å². The van der Waals surface area contributed by atoms with Gasteiger partial charge in [0.05, 0.1) is 20.9 Å². The molecule has 0 aliphatic heterocycles. The minimum atomic E-state index is -0.439. The Balaban J connectivity index is 1.42. The van der Waals surface area contributed by atoms with Crippen LogP contribution in [0.1, 0.15) is 5.56 Å². The fourth-order valence-electron chi connectivity index (χ4n) is 3.13. The number of nitrogens with one attached hydrogen (secondary N) is 2. The molecule has 0 unspecified atom stereocenters. The summed E-state index contributed by atoms with van der Waals surface area (Å²) in [5.74, 6) is -0.439. The summed E-state index contributed by atoms with van der Waals surface area (Å²) in [5.41, 5.74) is 9.45. The molecule has 0 saturated carbocycles. The van der Waals surface area contributed by atoms with Crippen LogP contribution in [-0.2, 0) is 13.5 Å². The van der Waals surface area contributed by atoms with Gasteiger partial charge < -0.3 is 16.0 Å². The monoisotopic (exact) mass is 431 g/mol. The lowest BCUT2D eigenvalue weighted by Crippen LogP contribution is -2.31. The van der Waals surface area contributed by atoms with Crippen LogP contribution in [0.25, 0.3) is 21.5 Å². The number of nitrogens with zero attached hydrogens (tertiary/aromatic N) is 2. The fourth-order valence-corrected chi connectivity index (χ4v) is 4.06. The summed E-state index contributed by atoms with van der Waals surface area (Å²) in [5, 5.41) is 4.09. The number of imidazole rings is 1. The molecule has 4 N–H and O–H groups in total. The lowest BCUT2D eigenvalue weighted by Gasteiger charge is -2.12. The van der Waals surface area contributed by atoms with E-state index in [1.165, 1.54) is 23.5 Å². The van der Waals surface area contributed by atoms with Crippen molar-refractivity contribution in [3.05, 3.63) is 69.5 Å². The summed E-state index contributed by atoms with van der Waals surface area (Å²) in [6.45, 7) is 0.503. The van der Waals surface area contributed by atoms with Crippen LogP contribution in [0, 0.1) is 5.82 Å². The third-order valence-electron chi connectivity index (χ3n) is 4.69. The third kappa shape index (κ3) is 4.19. The van der Waals surface area contributed by atoms with Crippen molar-refractivity contribution in [2.75, 3.05) is 11.9 Å². The van der Waals surface area contributed by atoms with E-state index in [1.54, 1.807) is 23.9 Å². The maximum absolute atomic E-state index is 13.6. The highest BCUT2D eigenvalue weighted by Gasteiger charge is 2.11. The van der Waals surface area contributed by atoms with E-state index in [1.807, 2.05) is 18.2 Å². The molecule has 6 nitrogen and oxygen atoms in total. The van der Waals surface area contributed by atoms with Crippen LogP contribution < -0.4 is 16.7 Å². The molecular formula is C20H19ClFN5OS. The van der Waals surface area contributed by atoms with E-state index in [9.17, 15) is 9.18 Å². The Kier molecular flexibility index (Phi) is 5.40. The maximum Gasteiger partial charge on any atom is 0.326 e. The number of aromatic nitrogens is 3. The molecule has 2 heterocycles. The number of aromatic amines is 1. The van der Waals surface area contributed by atoms with Gasteiger partial charge in [-0.1, -0.05) is 35.1 Å². The largest absolute Gasteiger partial charge is 0.360 e. The average Bonchev–Trinajstić information content (AvgIpc) is 3.28. The van der Waals surface area contributed by atoms with Gasteiger partial charge in [-0.05, 0) is 41.8 Å². The standard InChI is InChI=1S/C20H19ClFN5OS/c1-27-17-8-12(3-5-16(17)26-20(27)28)18-10-25-19(29-18)24-9-13(23)6-11-2-4-14(21)15(22)7-11/h2-5,7-8,10,13H,6,9,23H2,1H3,(H,24,25)(H,26,28)/t13-/m0/s1. The van der Waals surface area contributed by atoms with Gasteiger partial charge in [-0.15, -0.1) is 0 Å². The zero-order chi connectivity index (χ0) is 20.5. The minimum Gasteiger partial charge on any atom is -0.360 e. The Labute approximate surface area is 175 Å². The van der Waals surface area contributed by atoms with E-state index >= 15 is 0 Å². The number of hydrogen-bond donors (Lipinski definition) is 3. The fraction of sp³-hybridized carbons (Fsp3) is 0.200. The number of nitrogens with two attached hydrogens (primary N) is 1. The molecule has 0 aliphatic carbocycles. The van der Waals surface area contributed by atoms with Gasteiger partial charge in [0, 0.05) is 25.8 Å². The minimum absolute atomic E-state index is 0.105. The Morgan fingerprint density at radius 2 is 2.17 bits per heavy atom. The van der Waals surface area contributed by atoms with Crippen molar-refractivity contribution in [1.82, 2.24) is 14.5 Å². The van der Waals surface area contributed by atoms with Crippen LogP contribution in [0.15, 0.2) is 47.4 Å². The third-order valence-corrected chi connectivity index (χ3v) is 6.00. The van der Waals surface area contributed by atoms with E-state index in [0.717, 1.165) is 32.2 Å². The first-order valence-electron chi connectivity index (χ1n) is 8.99. The van der Waals surface area contributed by atoms with Gasteiger partial charge in [-0.25, -0.2) is 14.2 Å². The predicted molar refractivity (Wildman–Crippen MR) is 116 cm³/mol. The topological polar surface area (TPSA) is 88.7 Å². The van der Waals surface area contributed by atoms with Crippen molar-refractivity contribution in [2.24, 2.45) is 12.8 Å². The van der Waals surface area contributed by atoms with Gasteiger partial charge >= 0.3 is 5.69 Å². The maximum atomic E-state index is 13.6. The summed E-state index contributed by atoms with van der Waals surface area (Å²) in [4.78, 5) is 19.9. The first-order valence-corrected chi connectivity index (χ1v) is 10.2. The van der Waals surface area contributed by atoms with E-state index in [-0.39, 0.29) is 16.8 Å². The zero-order valence-corrected chi connectivity index (χ0v) is 17.1. The van der Waals surface area contributed by atoms with Gasteiger partial charge in [-0.2, -0.15) is 0 Å². The summed E-state index contributed by atoms with van der Waals surface area (Å²) in [6, 6.07) is 10.3. The summed E-state index contributed by atoms with van der Waals surface area (Å²) in [6.07, 6.45) is 2.32. The number of fused-ring (bicyclic) bond motifs is 1.